The van der Waals surface area contributed by atoms with Crippen LogP contribution in [-0.2, 0) is 14.9 Å². The third-order valence-electron chi connectivity index (χ3n) is 4.20. The van der Waals surface area contributed by atoms with Gasteiger partial charge in [0.15, 0.2) is 0 Å². The fourth-order valence-electron chi connectivity index (χ4n) is 3.08. The second kappa shape index (κ2) is 8.38. The van der Waals surface area contributed by atoms with Crippen molar-refractivity contribution in [3.63, 3.8) is 0 Å². The molecule has 1 aliphatic rings. The van der Waals surface area contributed by atoms with Gasteiger partial charge in [-0.25, -0.2) is 8.42 Å². The summed E-state index contributed by atoms with van der Waals surface area (Å²) in [6.07, 6.45) is 0.554. The average Bonchev–Trinajstić information content (AvgIpc) is 2.57. The Morgan fingerprint density at radius 3 is 2.30 bits per heavy atom. The minimum Gasteiger partial charge on any atom is -0.744 e. The number of imide groups is 1. The minimum atomic E-state index is -4.72. The number of rotatable bonds is 6. The Balaban J connectivity index is 0.00000261. The van der Waals surface area contributed by atoms with Crippen LogP contribution in [-0.4, -0.2) is 48.9 Å². The fraction of sp³-hybridized carbons (Fsp3) is 0.333. The summed E-state index contributed by atoms with van der Waals surface area (Å²) in [5.74, 6) is -1.00. The molecule has 0 N–H and O–H groups in total. The van der Waals surface area contributed by atoms with Crippen molar-refractivity contribution in [1.29, 1.82) is 0 Å². The zero-order chi connectivity index (χ0) is 19.1. The Morgan fingerprint density at radius 1 is 1.07 bits per heavy atom. The van der Waals surface area contributed by atoms with E-state index in [2.05, 4.69) is 0 Å². The molecule has 0 saturated carbocycles. The van der Waals surface area contributed by atoms with Crippen molar-refractivity contribution >= 4 is 32.7 Å². The van der Waals surface area contributed by atoms with Gasteiger partial charge in [-0.1, -0.05) is 12.1 Å². The van der Waals surface area contributed by atoms with E-state index in [4.69, 9.17) is 4.74 Å². The third-order valence-corrected chi connectivity index (χ3v) is 5.09. The normalized spacial score (nSPS) is 14.0. The van der Waals surface area contributed by atoms with E-state index < -0.39 is 26.8 Å². The maximum absolute atomic E-state index is 12.7. The van der Waals surface area contributed by atoms with E-state index in [0.29, 0.717) is 13.0 Å². The number of ether oxygens (including phenoxy) is 1. The number of hydrogen-bond donors (Lipinski definition) is 0. The van der Waals surface area contributed by atoms with Crippen LogP contribution in [0.2, 0.25) is 0 Å². The molecule has 0 unspecified atom stereocenters. The first kappa shape index (κ1) is 22.0. The summed E-state index contributed by atoms with van der Waals surface area (Å²) in [4.78, 5) is 26.2. The molecule has 3 rings (SSSR count). The van der Waals surface area contributed by atoms with Crippen molar-refractivity contribution in [2.45, 2.75) is 31.3 Å². The molecule has 1 aliphatic heterocycles. The molecular formula is C18H18NNaO6S. The average molecular weight is 399 g/mol. The van der Waals surface area contributed by atoms with Gasteiger partial charge in [-0.05, 0) is 38.5 Å². The molecule has 0 fully saturated rings. The van der Waals surface area contributed by atoms with Crippen molar-refractivity contribution in [2.75, 3.05) is 13.2 Å². The topological polar surface area (TPSA) is 104 Å². The third kappa shape index (κ3) is 4.26. The number of carbonyl (C=O) groups is 2. The molecule has 9 heteroatoms. The van der Waals surface area contributed by atoms with Crippen LogP contribution in [0.4, 0.5) is 0 Å². The second-order valence-corrected chi connectivity index (χ2v) is 7.68. The van der Waals surface area contributed by atoms with E-state index in [1.54, 1.807) is 0 Å². The standard InChI is InChI=1S/C18H19NO6S.Na/c1-11(2)25-10-4-9-19-17(20)13-6-3-5-12-15(26(22,23)24)8-7-14(16(12)13)18(19)21;/h3,5-8,11H,4,9-10H2,1-2H3,(H,22,23,24);/q;+1/p-1. The summed E-state index contributed by atoms with van der Waals surface area (Å²) in [5.41, 5.74) is 0.430. The predicted octanol–water partition coefficient (Wildman–Crippen LogP) is -0.841. The van der Waals surface area contributed by atoms with Crippen LogP contribution >= 0.6 is 0 Å². The van der Waals surface area contributed by atoms with E-state index >= 15 is 0 Å². The number of benzene rings is 2. The summed E-state index contributed by atoms with van der Waals surface area (Å²) in [6, 6.07) is 6.88. The van der Waals surface area contributed by atoms with E-state index in [0.717, 1.165) is 11.0 Å². The maximum atomic E-state index is 12.7. The second-order valence-electron chi connectivity index (χ2n) is 6.33. The molecule has 138 valence electrons. The molecule has 2 amide bonds. The van der Waals surface area contributed by atoms with Crippen LogP contribution in [0.15, 0.2) is 35.2 Å². The summed E-state index contributed by atoms with van der Waals surface area (Å²) in [6.45, 7) is 4.41. The van der Waals surface area contributed by atoms with Crippen molar-refractivity contribution in [3.8, 4) is 0 Å². The summed E-state index contributed by atoms with van der Waals surface area (Å²) in [7, 11) is -4.72. The monoisotopic (exact) mass is 399 g/mol. The number of hydrogen-bond acceptors (Lipinski definition) is 6. The van der Waals surface area contributed by atoms with Crippen molar-refractivity contribution < 1.29 is 56.9 Å². The first-order chi connectivity index (χ1) is 12.2. The molecule has 0 spiro atoms. The Kier molecular flexibility index (Phi) is 6.83. The van der Waals surface area contributed by atoms with Gasteiger partial charge in [0.1, 0.15) is 10.1 Å². The molecule has 0 saturated heterocycles. The molecule has 0 atom stereocenters. The largest absolute Gasteiger partial charge is 1.00 e. The van der Waals surface area contributed by atoms with Gasteiger partial charge in [0.25, 0.3) is 11.8 Å². The molecular weight excluding hydrogens is 381 g/mol. The molecule has 7 nitrogen and oxygen atoms in total. The fourth-order valence-corrected chi connectivity index (χ4v) is 3.76. The Hall–Kier alpha value is -1.29. The van der Waals surface area contributed by atoms with E-state index in [9.17, 15) is 22.6 Å². The van der Waals surface area contributed by atoms with Crippen LogP contribution in [0, 0.1) is 0 Å². The van der Waals surface area contributed by atoms with Crippen molar-refractivity contribution in [2.24, 2.45) is 0 Å². The number of amides is 2. The van der Waals surface area contributed by atoms with Gasteiger partial charge in [-0.2, -0.15) is 0 Å². The summed E-state index contributed by atoms with van der Waals surface area (Å²) in [5, 5.41) is 0.314. The van der Waals surface area contributed by atoms with Gasteiger partial charge in [-0.3, -0.25) is 14.5 Å². The quantitative estimate of drug-likeness (QED) is 0.272. The van der Waals surface area contributed by atoms with E-state index in [-0.39, 0.29) is 64.1 Å². The first-order valence-electron chi connectivity index (χ1n) is 8.21. The molecule has 0 aliphatic carbocycles. The van der Waals surface area contributed by atoms with Crippen LogP contribution in [0.3, 0.4) is 0 Å². The maximum Gasteiger partial charge on any atom is 1.00 e. The molecule has 27 heavy (non-hydrogen) atoms. The van der Waals surface area contributed by atoms with Gasteiger partial charge >= 0.3 is 29.6 Å². The van der Waals surface area contributed by atoms with Gasteiger partial charge in [0, 0.05) is 35.1 Å². The molecule has 0 radical (unpaired) electrons. The summed E-state index contributed by atoms with van der Waals surface area (Å²) < 4.78 is 39.9. The van der Waals surface area contributed by atoms with Crippen LogP contribution in [0.25, 0.3) is 10.8 Å². The molecule has 0 bridgehead atoms. The Labute approximate surface area is 179 Å². The Morgan fingerprint density at radius 2 is 1.70 bits per heavy atom. The smallest absolute Gasteiger partial charge is 0.744 e. The molecule has 0 aromatic heterocycles. The van der Waals surface area contributed by atoms with Gasteiger partial charge in [-0.15, -0.1) is 0 Å². The minimum absolute atomic E-state index is 0. The van der Waals surface area contributed by atoms with Crippen molar-refractivity contribution in [3.05, 3.63) is 41.5 Å². The SMILES string of the molecule is CC(C)OCCCN1C(=O)c2cccc3c(S(=O)(=O)[O-])ccc(c23)C1=O.[Na+]. The summed E-state index contributed by atoms with van der Waals surface area (Å²) >= 11 is 0. The van der Waals surface area contributed by atoms with Gasteiger partial charge < -0.3 is 9.29 Å². The van der Waals surface area contributed by atoms with Gasteiger partial charge in [0.2, 0.25) is 0 Å². The predicted molar refractivity (Wildman–Crippen MR) is 93.0 cm³/mol. The van der Waals surface area contributed by atoms with E-state index in [1.165, 1.54) is 24.3 Å². The van der Waals surface area contributed by atoms with Crippen molar-refractivity contribution in [1.82, 2.24) is 4.90 Å². The van der Waals surface area contributed by atoms with Crippen LogP contribution in [0.5, 0.6) is 0 Å². The molecule has 1 heterocycles. The van der Waals surface area contributed by atoms with Crippen LogP contribution in [0.1, 0.15) is 41.0 Å². The zero-order valence-electron chi connectivity index (χ0n) is 15.4. The molecule has 2 aromatic rings. The number of nitrogens with zero attached hydrogens (tertiary/aromatic N) is 1. The van der Waals surface area contributed by atoms with E-state index in [1.807, 2.05) is 13.8 Å². The first-order valence-corrected chi connectivity index (χ1v) is 9.62. The Bertz CT molecular complexity index is 980. The zero-order valence-corrected chi connectivity index (χ0v) is 18.2. The van der Waals surface area contributed by atoms with Crippen LogP contribution < -0.4 is 29.6 Å². The van der Waals surface area contributed by atoms with Gasteiger partial charge in [0.05, 0.1) is 11.0 Å². The number of carbonyl (C=O) groups excluding carboxylic acids is 2. The molecule has 2 aromatic carbocycles.